The summed E-state index contributed by atoms with van der Waals surface area (Å²) in [5, 5.41) is 20.8. The second kappa shape index (κ2) is 8.64. The van der Waals surface area contributed by atoms with E-state index in [9.17, 15) is 9.90 Å². The summed E-state index contributed by atoms with van der Waals surface area (Å²) < 4.78 is 2.01. The minimum Gasteiger partial charge on any atom is -1.00 e. The maximum absolute atomic E-state index is 11.2. The van der Waals surface area contributed by atoms with Gasteiger partial charge in [-0.2, -0.15) is 0 Å². The van der Waals surface area contributed by atoms with Gasteiger partial charge >= 0.3 is 5.97 Å². The molecule has 0 radical (unpaired) electrons. The number of hydrogen-bond donors (Lipinski definition) is 2. The zero-order chi connectivity index (χ0) is 17.8. The van der Waals surface area contributed by atoms with E-state index in [0.29, 0.717) is 12.2 Å². The molecule has 3 aromatic rings. The molecule has 0 unspecified atom stereocenters. The molecule has 7 heteroatoms. The van der Waals surface area contributed by atoms with E-state index in [-0.39, 0.29) is 28.3 Å². The van der Waals surface area contributed by atoms with Crippen LogP contribution in [0.5, 0.6) is 5.75 Å². The Morgan fingerprint density at radius 3 is 2.62 bits per heavy atom. The van der Waals surface area contributed by atoms with E-state index in [4.69, 9.17) is 5.11 Å². The predicted octanol–water partition coefficient (Wildman–Crippen LogP) is 1.04. The summed E-state index contributed by atoms with van der Waals surface area (Å²) in [7, 11) is 0. The van der Waals surface area contributed by atoms with Crippen LogP contribution in [0.25, 0.3) is 11.3 Å². The molecular formula is C19H16BrN2O3S-. The number of thiazole rings is 1. The number of hydrogen-bond acceptors (Lipinski definition) is 4. The lowest BCUT2D eigenvalue weighted by Gasteiger charge is -2.06. The van der Waals surface area contributed by atoms with E-state index in [1.165, 1.54) is 23.5 Å². The summed E-state index contributed by atoms with van der Waals surface area (Å²) >= 11 is 1.46. The van der Waals surface area contributed by atoms with Crippen LogP contribution in [-0.4, -0.2) is 20.7 Å². The van der Waals surface area contributed by atoms with Gasteiger partial charge < -0.3 is 31.8 Å². The molecule has 0 spiro atoms. The van der Waals surface area contributed by atoms with Gasteiger partial charge in [0.05, 0.1) is 11.4 Å². The number of aromatic carboxylic acids is 1. The first-order chi connectivity index (χ1) is 12.1. The number of nitrogens with zero attached hydrogens (tertiary/aromatic N) is 2. The Morgan fingerprint density at radius 2 is 1.96 bits per heavy atom. The van der Waals surface area contributed by atoms with E-state index < -0.39 is 5.97 Å². The molecule has 3 rings (SSSR count). The van der Waals surface area contributed by atoms with Crippen molar-refractivity contribution in [3.8, 4) is 17.0 Å². The molecule has 0 saturated carbocycles. The van der Waals surface area contributed by atoms with Crippen LogP contribution in [0, 0.1) is 0 Å². The van der Waals surface area contributed by atoms with Gasteiger partial charge in [0, 0.05) is 11.9 Å². The fourth-order valence-corrected chi connectivity index (χ4v) is 3.38. The van der Waals surface area contributed by atoms with Crippen LogP contribution < -0.4 is 21.8 Å². The Bertz CT molecular complexity index is 994. The molecular weight excluding hydrogens is 416 g/mol. The Labute approximate surface area is 165 Å². The average Bonchev–Trinajstić information content (AvgIpc) is 3.00. The summed E-state index contributed by atoms with van der Waals surface area (Å²) in [5.41, 5.74) is 2.38. The van der Waals surface area contributed by atoms with Crippen molar-refractivity contribution < 1.29 is 32.0 Å². The molecule has 0 fully saturated rings. The number of benzene rings is 2. The number of rotatable bonds is 5. The van der Waals surface area contributed by atoms with Crippen molar-refractivity contribution in [2.75, 3.05) is 0 Å². The van der Waals surface area contributed by atoms with Gasteiger partial charge in [-0.15, -0.1) is 17.9 Å². The molecule has 0 bridgehead atoms. The summed E-state index contributed by atoms with van der Waals surface area (Å²) in [6.45, 7) is 4.38. The highest BCUT2D eigenvalue weighted by Gasteiger charge is 2.11. The molecule has 0 atom stereocenters. The quantitative estimate of drug-likeness (QED) is 0.592. The van der Waals surface area contributed by atoms with Crippen molar-refractivity contribution in [1.82, 2.24) is 4.57 Å². The lowest BCUT2D eigenvalue weighted by molar-refractivity contribution is -0.0000221. The molecule has 1 heterocycles. The summed E-state index contributed by atoms with van der Waals surface area (Å²) in [6.07, 6.45) is 1.79. The van der Waals surface area contributed by atoms with Gasteiger partial charge in [-0.3, -0.25) is 0 Å². The minimum atomic E-state index is -1.19. The van der Waals surface area contributed by atoms with E-state index in [0.717, 1.165) is 16.1 Å². The molecule has 26 heavy (non-hydrogen) atoms. The highest BCUT2D eigenvalue weighted by Crippen LogP contribution is 2.24. The van der Waals surface area contributed by atoms with Crippen molar-refractivity contribution >= 4 is 23.0 Å². The van der Waals surface area contributed by atoms with Crippen LogP contribution in [0.2, 0.25) is 0 Å². The van der Waals surface area contributed by atoms with Crippen molar-refractivity contribution in [3.05, 3.63) is 76.9 Å². The maximum Gasteiger partial charge on any atom is 0.339 e. The molecule has 0 aliphatic rings. The molecule has 2 aromatic carbocycles. The van der Waals surface area contributed by atoms with Crippen LogP contribution in [0.4, 0.5) is 5.69 Å². The largest absolute Gasteiger partial charge is 1.00 e. The summed E-state index contributed by atoms with van der Waals surface area (Å²) in [6, 6.07) is 14.2. The number of halogens is 1. The highest BCUT2D eigenvalue weighted by atomic mass is 79.9. The number of aromatic hydroxyl groups is 1. The van der Waals surface area contributed by atoms with Gasteiger partial charge in [0.15, 0.2) is 4.80 Å². The van der Waals surface area contributed by atoms with Gasteiger partial charge in [0.25, 0.3) is 0 Å². The SMILES string of the molecule is C=CCn1c(-c2ccccc2)csc1=Nc1ccc(O)c(C(=O)O)c1.[Br-]. The van der Waals surface area contributed by atoms with Crippen molar-refractivity contribution in [1.29, 1.82) is 0 Å². The molecule has 0 aliphatic carbocycles. The fourth-order valence-electron chi connectivity index (χ4n) is 2.44. The lowest BCUT2D eigenvalue weighted by Crippen LogP contribution is -3.00. The van der Waals surface area contributed by atoms with Crippen molar-refractivity contribution in [2.24, 2.45) is 4.99 Å². The first-order valence-corrected chi connectivity index (χ1v) is 8.44. The molecule has 5 nitrogen and oxygen atoms in total. The van der Waals surface area contributed by atoms with E-state index >= 15 is 0 Å². The normalized spacial score (nSPS) is 11.0. The van der Waals surface area contributed by atoms with Gasteiger partial charge in [0.2, 0.25) is 0 Å². The van der Waals surface area contributed by atoms with Crippen LogP contribution in [0.1, 0.15) is 10.4 Å². The molecule has 0 aliphatic heterocycles. The maximum atomic E-state index is 11.2. The van der Waals surface area contributed by atoms with Gasteiger partial charge in [-0.05, 0) is 23.8 Å². The Morgan fingerprint density at radius 1 is 1.23 bits per heavy atom. The van der Waals surface area contributed by atoms with Crippen LogP contribution in [0.15, 0.2) is 71.6 Å². The second-order valence-corrected chi connectivity index (χ2v) is 6.12. The number of phenols is 1. The molecule has 0 amide bonds. The van der Waals surface area contributed by atoms with Crippen molar-refractivity contribution in [3.63, 3.8) is 0 Å². The highest BCUT2D eigenvalue weighted by molar-refractivity contribution is 7.07. The third kappa shape index (κ3) is 4.12. The molecule has 2 N–H and O–H groups in total. The monoisotopic (exact) mass is 431 g/mol. The third-order valence-corrected chi connectivity index (χ3v) is 4.48. The smallest absolute Gasteiger partial charge is 0.339 e. The average molecular weight is 432 g/mol. The molecule has 0 saturated heterocycles. The Kier molecular flexibility index (Phi) is 6.54. The molecule has 134 valence electrons. The first kappa shape index (κ1) is 19.7. The number of carboxylic acid groups (broad SMARTS) is 1. The first-order valence-electron chi connectivity index (χ1n) is 7.56. The van der Waals surface area contributed by atoms with Gasteiger partial charge in [-0.1, -0.05) is 36.4 Å². The zero-order valence-electron chi connectivity index (χ0n) is 13.7. The van der Waals surface area contributed by atoms with E-state index in [1.807, 2.05) is 40.3 Å². The van der Waals surface area contributed by atoms with Crippen LogP contribution >= 0.6 is 11.3 Å². The van der Waals surface area contributed by atoms with E-state index in [1.54, 1.807) is 12.1 Å². The lowest BCUT2D eigenvalue weighted by atomic mass is 10.2. The van der Waals surface area contributed by atoms with Gasteiger partial charge in [0.1, 0.15) is 11.3 Å². The molecule has 1 aromatic heterocycles. The third-order valence-electron chi connectivity index (χ3n) is 3.61. The fraction of sp³-hybridized carbons (Fsp3) is 0.0526. The number of carbonyl (C=O) groups is 1. The number of aromatic nitrogens is 1. The van der Waals surface area contributed by atoms with Crippen molar-refractivity contribution in [2.45, 2.75) is 6.54 Å². The minimum absolute atomic E-state index is 0. The van der Waals surface area contributed by atoms with Crippen LogP contribution in [-0.2, 0) is 6.54 Å². The number of carboxylic acids is 1. The number of allylic oxidation sites excluding steroid dienone is 1. The topological polar surface area (TPSA) is 74.8 Å². The van der Waals surface area contributed by atoms with Crippen LogP contribution in [0.3, 0.4) is 0 Å². The Balaban J connectivity index is 0.00000243. The predicted molar refractivity (Wildman–Crippen MR) is 98.2 cm³/mol. The standard InChI is InChI=1S/C19H16N2O3S.BrH/c1-2-10-21-16(13-6-4-3-5-7-13)12-25-19(21)20-14-8-9-17(22)15(11-14)18(23)24;/h2-9,11-12,22H,1,10H2,(H,23,24);1H/p-1. The summed E-state index contributed by atoms with van der Waals surface area (Å²) in [5.74, 6) is -1.47. The zero-order valence-corrected chi connectivity index (χ0v) is 16.1. The van der Waals surface area contributed by atoms with E-state index in [2.05, 4.69) is 11.6 Å². The second-order valence-electron chi connectivity index (χ2n) is 5.29. The Hall–Kier alpha value is -2.64. The summed E-state index contributed by atoms with van der Waals surface area (Å²) in [4.78, 5) is 16.4. The van der Waals surface area contributed by atoms with Gasteiger partial charge in [-0.25, -0.2) is 9.79 Å².